The molecule has 3 N–H and O–H groups in total. The van der Waals surface area contributed by atoms with Gasteiger partial charge in [0.1, 0.15) is 5.69 Å². The molecule has 5 nitrogen and oxygen atoms in total. The zero-order valence-corrected chi connectivity index (χ0v) is 11.5. The lowest BCUT2D eigenvalue weighted by Gasteiger charge is -2.19. The lowest BCUT2D eigenvalue weighted by Crippen LogP contribution is -2.38. The van der Waals surface area contributed by atoms with Gasteiger partial charge in [-0.2, -0.15) is 5.10 Å². The van der Waals surface area contributed by atoms with Gasteiger partial charge in [-0.05, 0) is 31.6 Å². The van der Waals surface area contributed by atoms with Gasteiger partial charge in [0.2, 0.25) is 0 Å². The molecule has 0 saturated heterocycles. The van der Waals surface area contributed by atoms with Crippen LogP contribution in [-0.4, -0.2) is 21.7 Å². The number of aryl methyl sites for hydroxylation is 2. The smallest absolute Gasteiger partial charge is 0.271 e. The molecule has 2 rings (SSSR count). The van der Waals surface area contributed by atoms with Crippen molar-refractivity contribution in [3.8, 4) is 0 Å². The number of nitrogens with zero attached hydrogens (tertiary/aromatic N) is 2. The monoisotopic (exact) mass is 250 g/mol. The van der Waals surface area contributed by atoms with Crippen molar-refractivity contribution < 1.29 is 4.79 Å². The molecule has 3 atom stereocenters. The number of amides is 1. The highest BCUT2D eigenvalue weighted by Crippen LogP contribution is 2.31. The van der Waals surface area contributed by atoms with Gasteiger partial charge >= 0.3 is 0 Å². The summed E-state index contributed by atoms with van der Waals surface area (Å²) >= 11 is 0. The van der Waals surface area contributed by atoms with E-state index in [0.29, 0.717) is 28.9 Å². The highest BCUT2D eigenvalue weighted by Gasteiger charge is 2.32. The number of hydrogen-bond acceptors (Lipinski definition) is 3. The molecule has 1 saturated carbocycles. The summed E-state index contributed by atoms with van der Waals surface area (Å²) in [7, 11) is 1.75. The number of nitrogens with one attached hydrogen (secondary N) is 1. The minimum Gasteiger partial charge on any atom is -0.395 e. The molecular formula is C13H22N4O. The van der Waals surface area contributed by atoms with Gasteiger partial charge in [0.15, 0.2) is 0 Å². The molecule has 1 heterocycles. The number of hydrogen-bond donors (Lipinski definition) is 2. The number of anilines is 1. The van der Waals surface area contributed by atoms with Crippen molar-refractivity contribution in [2.45, 2.75) is 39.7 Å². The van der Waals surface area contributed by atoms with Gasteiger partial charge in [-0.15, -0.1) is 0 Å². The lowest BCUT2D eigenvalue weighted by molar-refractivity contribution is 0.0919. The molecule has 3 unspecified atom stereocenters. The SMILES string of the molecule is Cc1nn(C)c(C(=O)NC2CCC(C)C2C)c1N. The van der Waals surface area contributed by atoms with Crippen LogP contribution in [0.15, 0.2) is 0 Å². The zero-order valence-electron chi connectivity index (χ0n) is 11.5. The van der Waals surface area contributed by atoms with E-state index >= 15 is 0 Å². The van der Waals surface area contributed by atoms with Crippen molar-refractivity contribution in [1.29, 1.82) is 0 Å². The van der Waals surface area contributed by atoms with E-state index < -0.39 is 0 Å². The van der Waals surface area contributed by atoms with E-state index in [2.05, 4.69) is 24.3 Å². The predicted molar refractivity (Wildman–Crippen MR) is 71.2 cm³/mol. The first kappa shape index (κ1) is 12.9. The van der Waals surface area contributed by atoms with Gasteiger partial charge in [-0.3, -0.25) is 9.48 Å². The van der Waals surface area contributed by atoms with Crippen LogP contribution in [0.4, 0.5) is 5.69 Å². The Morgan fingerprint density at radius 3 is 2.56 bits per heavy atom. The summed E-state index contributed by atoms with van der Waals surface area (Å²) in [5.41, 5.74) is 7.55. The minimum atomic E-state index is -0.110. The Balaban J connectivity index is 2.13. The molecule has 0 bridgehead atoms. The van der Waals surface area contributed by atoms with E-state index in [-0.39, 0.29) is 11.9 Å². The number of nitrogen functional groups attached to an aromatic ring is 1. The standard InChI is InChI=1S/C13H22N4O/c1-7-5-6-10(8(7)2)15-13(18)12-11(14)9(3)16-17(12)4/h7-8,10H,5-6,14H2,1-4H3,(H,15,18). The third kappa shape index (κ3) is 2.09. The molecule has 0 aliphatic heterocycles. The molecule has 0 radical (unpaired) electrons. The van der Waals surface area contributed by atoms with Gasteiger partial charge in [-0.25, -0.2) is 0 Å². The number of carbonyl (C=O) groups excluding carboxylic acids is 1. The van der Waals surface area contributed by atoms with Gasteiger partial charge in [0.05, 0.1) is 11.4 Å². The van der Waals surface area contributed by atoms with Crippen molar-refractivity contribution in [3.05, 3.63) is 11.4 Å². The second-order valence-corrected chi connectivity index (χ2v) is 5.47. The Hall–Kier alpha value is -1.52. The topological polar surface area (TPSA) is 72.9 Å². The molecule has 5 heteroatoms. The molecule has 1 aromatic rings. The summed E-state index contributed by atoms with van der Waals surface area (Å²) in [5.74, 6) is 1.08. The quantitative estimate of drug-likeness (QED) is 0.835. The summed E-state index contributed by atoms with van der Waals surface area (Å²) < 4.78 is 1.56. The average Bonchev–Trinajstić information content (AvgIpc) is 2.73. The average molecular weight is 250 g/mol. The first-order valence-electron chi connectivity index (χ1n) is 6.51. The summed E-state index contributed by atoms with van der Waals surface area (Å²) in [4.78, 5) is 12.3. The summed E-state index contributed by atoms with van der Waals surface area (Å²) in [6.07, 6.45) is 2.22. The molecular weight excluding hydrogens is 228 g/mol. The Morgan fingerprint density at radius 1 is 1.44 bits per heavy atom. The third-order valence-corrected chi connectivity index (χ3v) is 4.27. The van der Waals surface area contributed by atoms with Crippen molar-refractivity contribution in [2.75, 3.05) is 5.73 Å². The summed E-state index contributed by atoms with van der Waals surface area (Å²) in [6, 6.07) is 0.252. The van der Waals surface area contributed by atoms with Gasteiger partial charge in [0.25, 0.3) is 5.91 Å². The van der Waals surface area contributed by atoms with Crippen LogP contribution in [0, 0.1) is 18.8 Å². The molecule has 18 heavy (non-hydrogen) atoms. The molecule has 1 aliphatic carbocycles. The van der Waals surface area contributed by atoms with Crippen LogP contribution >= 0.6 is 0 Å². The van der Waals surface area contributed by atoms with E-state index in [4.69, 9.17) is 5.73 Å². The summed E-state index contributed by atoms with van der Waals surface area (Å²) in [6.45, 7) is 6.24. The van der Waals surface area contributed by atoms with Crippen molar-refractivity contribution >= 4 is 11.6 Å². The fourth-order valence-electron chi connectivity index (χ4n) is 2.75. The summed E-state index contributed by atoms with van der Waals surface area (Å²) in [5, 5.41) is 7.26. The maximum Gasteiger partial charge on any atom is 0.271 e. The van der Waals surface area contributed by atoms with Gasteiger partial charge in [-0.1, -0.05) is 13.8 Å². The van der Waals surface area contributed by atoms with E-state index in [1.807, 2.05) is 6.92 Å². The highest BCUT2D eigenvalue weighted by molar-refractivity contribution is 5.98. The van der Waals surface area contributed by atoms with Crippen LogP contribution in [0.3, 0.4) is 0 Å². The van der Waals surface area contributed by atoms with Crippen LogP contribution in [0.25, 0.3) is 0 Å². The van der Waals surface area contributed by atoms with Gasteiger partial charge < -0.3 is 11.1 Å². The second-order valence-electron chi connectivity index (χ2n) is 5.47. The first-order chi connectivity index (χ1) is 8.41. The Kier molecular flexibility index (Phi) is 3.32. The normalized spacial score (nSPS) is 27.4. The molecule has 1 fully saturated rings. The van der Waals surface area contributed by atoms with Crippen molar-refractivity contribution in [1.82, 2.24) is 15.1 Å². The first-order valence-corrected chi connectivity index (χ1v) is 6.51. The molecule has 100 valence electrons. The fraction of sp³-hybridized carbons (Fsp3) is 0.692. The van der Waals surface area contributed by atoms with Crippen molar-refractivity contribution in [2.24, 2.45) is 18.9 Å². The van der Waals surface area contributed by atoms with E-state index in [0.717, 1.165) is 6.42 Å². The molecule has 0 aromatic carbocycles. The number of aromatic nitrogens is 2. The van der Waals surface area contributed by atoms with Crippen LogP contribution in [-0.2, 0) is 7.05 Å². The minimum absolute atomic E-state index is 0.110. The van der Waals surface area contributed by atoms with E-state index in [1.54, 1.807) is 11.7 Å². The predicted octanol–water partition coefficient (Wildman–Crippen LogP) is 1.48. The van der Waals surface area contributed by atoms with Crippen LogP contribution in [0.5, 0.6) is 0 Å². The Labute approximate surface area is 108 Å². The lowest BCUT2D eigenvalue weighted by atomic mass is 9.98. The maximum atomic E-state index is 12.3. The molecule has 1 aromatic heterocycles. The second kappa shape index (κ2) is 4.63. The number of rotatable bonds is 2. The third-order valence-electron chi connectivity index (χ3n) is 4.27. The fourth-order valence-corrected chi connectivity index (χ4v) is 2.75. The Morgan fingerprint density at radius 2 is 2.11 bits per heavy atom. The van der Waals surface area contributed by atoms with E-state index in [9.17, 15) is 4.79 Å². The van der Waals surface area contributed by atoms with Crippen LogP contribution in [0.2, 0.25) is 0 Å². The molecule has 1 amide bonds. The maximum absolute atomic E-state index is 12.3. The number of nitrogens with two attached hydrogens (primary N) is 1. The largest absolute Gasteiger partial charge is 0.395 e. The number of carbonyl (C=O) groups is 1. The van der Waals surface area contributed by atoms with Crippen LogP contribution < -0.4 is 11.1 Å². The van der Waals surface area contributed by atoms with Crippen LogP contribution in [0.1, 0.15) is 42.9 Å². The van der Waals surface area contributed by atoms with Gasteiger partial charge in [0, 0.05) is 13.1 Å². The molecule has 1 aliphatic rings. The highest BCUT2D eigenvalue weighted by atomic mass is 16.2. The van der Waals surface area contributed by atoms with E-state index in [1.165, 1.54) is 6.42 Å². The van der Waals surface area contributed by atoms with Crippen molar-refractivity contribution in [3.63, 3.8) is 0 Å². The Bertz CT molecular complexity index is 466. The molecule has 0 spiro atoms. The zero-order chi connectivity index (χ0) is 13.4.